The predicted octanol–water partition coefficient (Wildman–Crippen LogP) is 2.99. The van der Waals surface area contributed by atoms with Crippen molar-refractivity contribution < 1.29 is 23.2 Å². The molecule has 0 radical (unpaired) electrons. The summed E-state index contributed by atoms with van der Waals surface area (Å²) in [5.41, 5.74) is 3.69. The second kappa shape index (κ2) is 7.86. The van der Waals surface area contributed by atoms with Crippen LogP contribution in [-0.4, -0.2) is 45.0 Å². The minimum Gasteiger partial charge on any atom is -0.308 e. The third kappa shape index (κ3) is 3.61. The molecule has 5 rings (SSSR count). The van der Waals surface area contributed by atoms with Crippen molar-refractivity contribution >= 4 is 23.4 Å². The lowest BCUT2D eigenvalue weighted by Gasteiger charge is -2.51. The number of urea groups is 1. The number of nitrogens with zero attached hydrogens (tertiary/aromatic N) is 2. The molecule has 3 N–H and O–H groups in total. The van der Waals surface area contributed by atoms with Gasteiger partial charge in [0.25, 0.3) is 5.91 Å². The van der Waals surface area contributed by atoms with Gasteiger partial charge in [0.05, 0.1) is 11.9 Å². The van der Waals surface area contributed by atoms with E-state index in [4.69, 9.17) is 0 Å². The first-order chi connectivity index (χ1) is 16.5. The molecular weight excluding hydrogens is 456 g/mol. The zero-order valence-corrected chi connectivity index (χ0v) is 20.1. The summed E-state index contributed by atoms with van der Waals surface area (Å²) in [5.74, 6) is -0.891. The summed E-state index contributed by atoms with van der Waals surface area (Å²) < 4.78 is 29.4. The highest BCUT2D eigenvalue weighted by Gasteiger charge is 2.82. The smallest absolute Gasteiger partial charge is 0.308 e. The standard InChI is InChI=1S/C25H29F2N5O3/c1-12-5-18-20-21(18)32(25(20,8-12)22(34)31-30-14(3)33)23(35)29-19-7-17(13(2)9-24(19,4)27)15-6-16(26)11-28-10-15/h6-7,10-12,18,20-21H,5,8-9H2,1-4H3,(H,29,35)(H,30,33)(H,31,34). The van der Waals surface area contributed by atoms with Crippen LogP contribution in [-0.2, 0) is 9.59 Å². The summed E-state index contributed by atoms with van der Waals surface area (Å²) in [5, 5.41) is 2.73. The van der Waals surface area contributed by atoms with E-state index in [1.54, 1.807) is 6.92 Å². The topological polar surface area (TPSA) is 103 Å². The summed E-state index contributed by atoms with van der Waals surface area (Å²) in [6.07, 6.45) is 5.51. The van der Waals surface area contributed by atoms with E-state index < -0.39 is 34.9 Å². The van der Waals surface area contributed by atoms with Gasteiger partial charge in [-0.15, -0.1) is 0 Å². The quantitative estimate of drug-likeness (QED) is 0.573. The number of nitrogens with one attached hydrogen (secondary N) is 3. The van der Waals surface area contributed by atoms with E-state index in [0.717, 1.165) is 12.6 Å². The molecule has 10 heteroatoms. The number of rotatable bonds is 3. The van der Waals surface area contributed by atoms with Gasteiger partial charge in [-0.1, -0.05) is 12.5 Å². The molecule has 2 heterocycles. The Hall–Kier alpha value is -3.30. The van der Waals surface area contributed by atoms with Crippen molar-refractivity contribution in [3.05, 3.63) is 47.2 Å². The number of carbonyl (C=O) groups excluding carboxylic acids is 3. The van der Waals surface area contributed by atoms with E-state index in [-0.39, 0.29) is 35.9 Å². The van der Waals surface area contributed by atoms with Gasteiger partial charge in [-0.3, -0.25) is 25.4 Å². The normalized spacial score (nSPS) is 34.8. The second-order valence-electron chi connectivity index (χ2n) is 10.6. The van der Waals surface area contributed by atoms with Crippen LogP contribution in [0.25, 0.3) is 5.57 Å². The molecule has 0 aromatic carbocycles. The number of aromatic nitrogens is 1. The van der Waals surface area contributed by atoms with E-state index in [0.29, 0.717) is 23.1 Å². The van der Waals surface area contributed by atoms with Crippen LogP contribution >= 0.6 is 0 Å². The van der Waals surface area contributed by atoms with Crippen LogP contribution in [0.15, 0.2) is 35.8 Å². The molecule has 4 aliphatic rings. The first-order valence-electron chi connectivity index (χ1n) is 11.8. The molecule has 4 amide bonds. The molecule has 8 nitrogen and oxygen atoms in total. The van der Waals surface area contributed by atoms with Crippen molar-refractivity contribution in [1.82, 2.24) is 26.1 Å². The number of likely N-dealkylation sites (tertiary alicyclic amines) is 1. The molecule has 35 heavy (non-hydrogen) atoms. The fourth-order valence-corrected chi connectivity index (χ4v) is 6.55. The van der Waals surface area contributed by atoms with Crippen molar-refractivity contribution in [3.8, 4) is 0 Å². The van der Waals surface area contributed by atoms with Crippen LogP contribution in [0.3, 0.4) is 0 Å². The molecule has 0 bridgehead atoms. The Morgan fingerprint density at radius 3 is 2.66 bits per heavy atom. The van der Waals surface area contributed by atoms with Crippen LogP contribution in [0.1, 0.15) is 52.5 Å². The van der Waals surface area contributed by atoms with Crippen LogP contribution in [0.2, 0.25) is 0 Å². The summed E-state index contributed by atoms with van der Waals surface area (Å²) in [4.78, 5) is 43.5. The Balaban J connectivity index is 1.43. The molecule has 2 saturated carbocycles. The van der Waals surface area contributed by atoms with Crippen molar-refractivity contribution in [1.29, 1.82) is 0 Å². The number of allylic oxidation sites excluding steroid dienone is 4. The molecule has 1 aromatic rings. The molecule has 1 aromatic heterocycles. The fraction of sp³-hybridized carbons (Fsp3) is 0.520. The Morgan fingerprint density at radius 1 is 1.23 bits per heavy atom. The first-order valence-corrected chi connectivity index (χ1v) is 11.8. The maximum absolute atomic E-state index is 15.6. The Kier molecular flexibility index (Phi) is 5.26. The van der Waals surface area contributed by atoms with E-state index in [2.05, 4.69) is 21.2 Å². The number of carbonyl (C=O) groups is 3. The number of halogens is 2. The van der Waals surface area contributed by atoms with Gasteiger partial charge in [-0.2, -0.15) is 0 Å². The molecular formula is C25H29F2N5O3. The van der Waals surface area contributed by atoms with Gasteiger partial charge in [0.15, 0.2) is 5.67 Å². The number of amides is 4. The van der Waals surface area contributed by atoms with Gasteiger partial charge in [0.2, 0.25) is 5.91 Å². The summed E-state index contributed by atoms with van der Waals surface area (Å²) in [6, 6.07) is 0.688. The van der Waals surface area contributed by atoms with E-state index >= 15 is 4.39 Å². The van der Waals surface area contributed by atoms with Crippen molar-refractivity contribution in [2.45, 2.75) is 64.2 Å². The van der Waals surface area contributed by atoms with E-state index in [1.807, 2.05) is 6.92 Å². The van der Waals surface area contributed by atoms with Gasteiger partial charge >= 0.3 is 6.03 Å². The molecule has 1 saturated heterocycles. The van der Waals surface area contributed by atoms with Crippen LogP contribution in [0.4, 0.5) is 13.6 Å². The molecule has 3 aliphatic carbocycles. The first kappa shape index (κ1) is 23.4. The lowest BCUT2D eigenvalue weighted by Crippen LogP contribution is -2.73. The summed E-state index contributed by atoms with van der Waals surface area (Å²) in [6.45, 7) is 6.49. The molecule has 6 atom stereocenters. The number of hydrazine groups is 1. The maximum Gasteiger partial charge on any atom is 0.322 e. The van der Waals surface area contributed by atoms with E-state index in [9.17, 15) is 18.8 Å². The molecule has 186 valence electrons. The van der Waals surface area contributed by atoms with Gasteiger partial charge < -0.3 is 10.2 Å². The number of hydrogen-bond donors (Lipinski definition) is 3. The monoisotopic (exact) mass is 485 g/mol. The van der Waals surface area contributed by atoms with Crippen molar-refractivity contribution in [2.24, 2.45) is 17.8 Å². The minimum absolute atomic E-state index is 0.0187. The van der Waals surface area contributed by atoms with Crippen LogP contribution in [0, 0.1) is 23.6 Å². The highest BCUT2D eigenvalue weighted by atomic mass is 19.1. The number of alkyl halides is 1. The van der Waals surface area contributed by atoms with Crippen molar-refractivity contribution in [3.63, 3.8) is 0 Å². The maximum atomic E-state index is 15.6. The lowest BCUT2D eigenvalue weighted by atomic mass is 9.72. The highest BCUT2D eigenvalue weighted by molar-refractivity contribution is 5.97. The SMILES string of the molecule is CC(=O)NNC(=O)C12CC(C)CC3C(C31)N2C(=O)NC1=CC(c2cncc(F)c2)=C(C)CC1(C)F. The predicted molar refractivity (Wildman–Crippen MR) is 123 cm³/mol. The highest BCUT2D eigenvalue weighted by Crippen LogP contribution is 2.70. The zero-order chi connectivity index (χ0) is 25.3. The molecule has 3 fully saturated rings. The Morgan fingerprint density at radius 2 is 1.97 bits per heavy atom. The van der Waals surface area contributed by atoms with Gasteiger partial charge in [-0.05, 0) is 56.2 Å². The van der Waals surface area contributed by atoms with Crippen molar-refractivity contribution in [2.75, 3.05) is 0 Å². The third-order valence-corrected chi connectivity index (χ3v) is 7.87. The summed E-state index contributed by atoms with van der Waals surface area (Å²) >= 11 is 0. The average molecular weight is 486 g/mol. The average Bonchev–Trinajstić information content (AvgIpc) is 3.43. The van der Waals surface area contributed by atoms with Gasteiger partial charge in [0, 0.05) is 37.1 Å². The second-order valence-corrected chi connectivity index (χ2v) is 10.6. The zero-order valence-electron chi connectivity index (χ0n) is 20.1. The van der Waals surface area contributed by atoms with Gasteiger partial charge in [0.1, 0.15) is 11.4 Å². The fourth-order valence-electron chi connectivity index (χ4n) is 6.55. The molecule has 6 unspecified atom stereocenters. The third-order valence-electron chi connectivity index (χ3n) is 7.87. The molecule has 1 aliphatic heterocycles. The number of pyridine rings is 1. The summed E-state index contributed by atoms with van der Waals surface area (Å²) in [7, 11) is 0. The largest absolute Gasteiger partial charge is 0.322 e. The van der Waals surface area contributed by atoms with Crippen LogP contribution in [0.5, 0.6) is 0 Å². The number of fused-ring (bicyclic) bond motifs is 1. The van der Waals surface area contributed by atoms with Crippen LogP contribution < -0.4 is 16.2 Å². The molecule has 0 spiro atoms. The van der Waals surface area contributed by atoms with E-state index in [1.165, 1.54) is 37.1 Å². The Bertz CT molecular complexity index is 1200. The Labute approximate surface area is 202 Å². The number of hydrogen-bond acceptors (Lipinski definition) is 4. The lowest BCUT2D eigenvalue weighted by molar-refractivity contribution is -0.145. The minimum atomic E-state index is -1.86. The van der Waals surface area contributed by atoms with Gasteiger partial charge in [-0.25, -0.2) is 13.6 Å².